The van der Waals surface area contributed by atoms with Crippen molar-refractivity contribution in [1.29, 1.82) is 0 Å². The predicted molar refractivity (Wildman–Crippen MR) is 53.4 cm³/mol. The van der Waals surface area contributed by atoms with Crippen LogP contribution in [0.4, 0.5) is 0 Å². The highest BCUT2D eigenvalue weighted by Gasteiger charge is 2.61. The number of hydrogen-bond donors (Lipinski definition) is 0. The van der Waals surface area contributed by atoms with Crippen molar-refractivity contribution in [1.82, 2.24) is 0 Å². The van der Waals surface area contributed by atoms with Gasteiger partial charge in [0, 0.05) is 19.8 Å². The Hall–Kier alpha value is 0.0949. The van der Waals surface area contributed by atoms with Crippen LogP contribution in [-0.4, -0.2) is 58.6 Å². The Morgan fingerprint density at radius 3 is 2.88 bits per heavy atom. The molecular formula is C8H13BO6P-. The molecule has 0 saturated carbocycles. The van der Waals surface area contributed by atoms with Gasteiger partial charge >= 0.3 is 0 Å². The van der Waals surface area contributed by atoms with Gasteiger partial charge in [-0.25, -0.2) is 0 Å². The summed E-state index contributed by atoms with van der Waals surface area (Å²) in [6, 6.07) is -0.680. The molecule has 2 unspecified atom stereocenters. The molecule has 6 nitrogen and oxygen atoms in total. The van der Waals surface area contributed by atoms with Gasteiger partial charge in [-0.1, -0.05) is 0 Å². The highest BCUT2D eigenvalue weighted by molar-refractivity contribution is 7.50. The third-order valence-corrected chi connectivity index (χ3v) is 3.34. The van der Waals surface area contributed by atoms with Crippen LogP contribution in [0.5, 0.6) is 0 Å². The minimum absolute atomic E-state index is 0.182. The van der Waals surface area contributed by atoms with Gasteiger partial charge in [-0.05, 0) is 0 Å². The third kappa shape index (κ3) is 2.08. The Bertz CT molecular complexity index is 320. The number of rotatable bonds is 4. The van der Waals surface area contributed by atoms with Crippen molar-refractivity contribution in [2.75, 3.05) is 27.0 Å². The molecule has 2 fully saturated rings. The highest BCUT2D eigenvalue weighted by Crippen LogP contribution is 2.47. The Balaban J connectivity index is 2.19. The van der Waals surface area contributed by atoms with E-state index in [9.17, 15) is 9.46 Å². The van der Waals surface area contributed by atoms with Crippen LogP contribution < -0.4 is 4.89 Å². The molecule has 2 bridgehead atoms. The van der Waals surface area contributed by atoms with Gasteiger partial charge in [0.2, 0.25) is 0 Å². The molecule has 2 heterocycles. The summed E-state index contributed by atoms with van der Waals surface area (Å²) in [6.45, 7) is 1.42. The Kier molecular flexibility index (Phi) is 3.20. The fourth-order valence-electron chi connectivity index (χ4n) is 2.18. The van der Waals surface area contributed by atoms with E-state index in [0.717, 1.165) is 6.66 Å². The van der Waals surface area contributed by atoms with Crippen molar-refractivity contribution in [3.63, 3.8) is 0 Å². The molecule has 2 saturated heterocycles. The molecule has 0 aliphatic carbocycles. The summed E-state index contributed by atoms with van der Waals surface area (Å²) in [5.74, 6) is 0. The molecule has 90 valence electrons. The predicted octanol–water partition coefficient (Wildman–Crippen LogP) is -1.14. The summed E-state index contributed by atoms with van der Waals surface area (Å²) in [5, 5.41) is 0. The van der Waals surface area contributed by atoms with E-state index in [0.29, 0.717) is 0 Å². The second kappa shape index (κ2) is 4.08. The normalized spacial score (nSPS) is 45.8. The van der Waals surface area contributed by atoms with Crippen LogP contribution in [0.25, 0.3) is 0 Å². The van der Waals surface area contributed by atoms with Gasteiger partial charge in [-0.15, -0.1) is 0 Å². The van der Waals surface area contributed by atoms with Gasteiger partial charge in [0.05, 0.1) is 13.2 Å². The molecule has 2 aliphatic rings. The van der Waals surface area contributed by atoms with Crippen molar-refractivity contribution in [3.05, 3.63) is 0 Å². The van der Waals surface area contributed by atoms with E-state index in [1.165, 1.54) is 7.11 Å². The van der Waals surface area contributed by atoms with E-state index in [4.69, 9.17) is 26.6 Å². The Morgan fingerprint density at radius 2 is 2.38 bits per heavy atom. The van der Waals surface area contributed by atoms with Crippen molar-refractivity contribution < 1.29 is 28.2 Å². The van der Waals surface area contributed by atoms with Crippen LogP contribution in [0.1, 0.15) is 0 Å². The number of ether oxygens (including phenoxy) is 3. The standard InChI is InChI=1S/C8H14BO6P/c1-12-3-8-4-13-5(7(9)14-8)6(8)15-16(2,10)11/h5-7H,3-4H2,1-2H3,(H,10,11)/p-1/t5-,6?,7+,8-/m0/s1. The quantitative estimate of drug-likeness (QED) is 0.461. The van der Waals surface area contributed by atoms with Crippen molar-refractivity contribution in [2.24, 2.45) is 0 Å². The monoisotopic (exact) mass is 247 g/mol. The second-order valence-corrected chi connectivity index (χ2v) is 5.91. The summed E-state index contributed by atoms with van der Waals surface area (Å²) in [7, 11) is 3.30. The Morgan fingerprint density at radius 1 is 1.69 bits per heavy atom. The summed E-state index contributed by atoms with van der Waals surface area (Å²) >= 11 is 0. The van der Waals surface area contributed by atoms with Crippen LogP contribution >= 0.6 is 7.60 Å². The number of hydrogen-bond acceptors (Lipinski definition) is 6. The molecule has 0 spiro atoms. The largest absolute Gasteiger partial charge is 0.779 e. The summed E-state index contributed by atoms with van der Waals surface area (Å²) in [5.41, 5.74) is -0.908. The molecule has 0 N–H and O–H groups in total. The van der Waals surface area contributed by atoms with Crippen LogP contribution in [0.15, 0.2) is 0 Å². The lowest BCUT2D eigenvalue weighted by atomic mass is 9.92. The molecule has 0 aromatic rings. The second-order valence-electron chi connectivity index (χ2n) is 4.15. The first kappa shape index (κ1) is 12.5. The lowest BCUT2D eigenvalue weighted by molar-refractivity contribution is -0.205. The third-order valence-electron chi connectivity index (χ3n) is 2.73. The van der Waals surface area contributed by atoms with Crippen LogP contribution in [0.2, 0.25) is 0 Å². The zero-order valence-electron chi connectivity index (χ0n) is 9.12. The molecule has 2 aliphatic heterocycles. The maximum Gasteiger partial charge on any atom is 0.143 e. The average molecular weight is 247 g/mol. The molecule has 0 aromatic carbocycles. The van der Waals surface area contributed by atoms with Gasteiger partial charge in [-0.2, -0.15) is 0 Å². The summed E-state index contributed by atoms with van der Waals surface area (Å²) in [6.07, 6.45) is -1.28. The highest BCUT2D eigenvalue weighted by atomic mass is 31.2. The van der Waals surface area contributed by atoms with Gasteiger partial charge < -0.3 is 28.2 Å². The van der Waals surface area contributed by atoms with E-state index in [1.807, 2.05) is 0 Å². The fourth-order valence-corrected chi connectivity index (χ4v) is 2.90. The molecular weight excluding hydrogens is 234 g/mol. The topological polar surface area (TPSA) is 77.0 Å². The summed E-state index contributed by atoms with van der Waals surface area (Å²) < 4.78 is 32.0. The Labute approximate surface area is 95.1 Å². The van der Waals surface area contributed by atoms with Gasteiger partial charge in [0.1, 0.15) is 33.3 Å². The minimum Gasteiger partial charge on any atom is -0.779 e. The maximum atomic E-state index is 11.2. The SMILES string of the molecule is [B][C@@H]1O[C@@]2(COC)CO[C@H]1C2OP(C)(=O)[O-]. The van der Waals surface area contributed by atoms with Crippen molar-refractivity contribution in [3.8, 4) is 0 Å². The number of fused-ring (bicyclic) bond motifs is 2. The summed E-state index contributed by atoms with van der Waals surface area (Å²) in [4.78, 5) is 11.2. The van der Waals surface area contributed by atoms with E-state index in [1.54, 1.807) is 0 Å². The molecule has 5 atom stereocenters. The van der Waals surface area contributed by atoms with Gasteiger partial charge in [0.15, 0.2) is 0 Å². The van der Waals surface area contributed by atoms with Gasteiger partial charge in [-0.3, -0.25) is 0 Å². The average Bonchev–Trinajstić information content (AvgIpc) is 2.54. The fraction of sp³-hybridized carbons (Fsp3) is 1.00. The molecule has 16 heavy (non-hydrogen) atoms. The van der Waals surface area contributed by atoms with Crippen molar-refractivity contribution >= 4 is 15.4 Å². The molecule has 2 radical (unpaired) electrons. The zero-order valence-corrected chi connectivity index (χ0v) is 10.0. The zero-order chi connectivity index (χ0) is 12.0. The van der Waals surface area contributed by atoms with E-state index in [-0.39, 0.29) is 13.2 Å². The molecule has 8 heteroatoms. The van der Waals surface area contributed by atoms with E-state index < -0.39 is 31.4 Å². The van der Waals surface area contributed by atoms with Crippen molar-refractivity contribution in [2.45, 2.75) is 23.8 Å². The number of methoxy groups -OCH3 is 1. The van der Waals surface area contributed by atoms with Crippen LogP contribution in [0, 0.1) is 0 Å². The first-order valence-electron chi connectivity index (χ1n) is 4.89. The minimum atomic E-state index is -3.86. The van der Waals surface area contributed by atoms with E-state index >= 15 is 0 Å². The first-order valence-corrected chi connectivity index (χ1v) is 6.88. The molecule has 2 rings (SSSR count). The van der Waals surface area contributed by atoms with Crippen LogP contribution in [-0.2, 0) is 23.3 Å². The molecule has 0 amide bonds. The lowest BCUT2D eigenvalue weighted by Crippen LogP contribution is -2.46. The van der Waals surface area contributed by atoms with Gasteiger partial charge in [0.25, 0.3) is 0 Å². The van der Waals surface area contributed by atoms with Crippen LogP contribution in [0.3, 0.4) is 0 Å². The lowest BCUT2D eigenvalue weighted by Gasteiger charge is -2.32. The molecule has 0 aromatic heterocycles. The maximum absolute atomic E-state index is 11.2. The first-order chi connectivity index (χ1) is 7.38. The smallest absolute Gasteiger partial charge is 0.143 e. The van der Waals surface area contributed by atoms with E-state index in [2.05, 4.69) is 0 Å².